The van der Waals surface area contributed by atoms with Gasteiger partial charge < -0.3 is 5.32 Å². The lowest BCUT2D eigenvalue weighted by molar-refractivity contribution is 0.0950. The van der Waals surface area contributed by atoms with E-state index in [2.05, 4.69) is 21.2 Å². The van der Waals surface area contributed by atoms with Crippen LogP contribution in [0.15, 0.2) is 40.9 Å². The molecule has 6 heteroatoms. The zero-order valence-corrected chi connectivity index (χ0v) is 12.4. The van der Waals surface area contributed by atoms with Gasteiger partial charge in [-0.2, -0.15) is 0 Å². The first kappa shape index (κ1) is 15.6. The highest BCUT2D eigenvalue weighted by Gasteiger charge is 2.11. The monoisotopic (exact) mass is 357 g/mol. The van der Waals surface area contributed by atoms with Crippen LogP contribution >= 0.6 is 15.9 Å². The number of halogens is 4. The Morgan fingerprint density at radius 2 is 1.71 bits per heavy atom. The van der Waals surface area contributed by atoms with Crippen molar-refractivity contribution in [1.29, 1.82) is 0 Å². The maximum atomic E-state index is 13.5. The number of rotatable bonds is 4. The van der Waals surface area contributed by atoms with Crippen molar-refractivity contribution in [3.8, 4) is 0 Å². The Kier molecular flexibility index (Phi) is 5.01. The summed E-state index contributed by atoms with van der Waals surface area (Å²) in [7, 11) is 0. The lowest BCUT2D eigenvalue weighted by atomic mass is 10.1. The fourth-order valence-corrected chi connectivity index (χ4v) is 2.20. The van der Waals surface area contributed by atoms with Gasteiger partial charge in [-0.25, -0.2) is 13.2 Å². The van der Waals surface area contributed by atoms with Crippen molar-refractivity contribution in [3.05, 3.63) is 69.4 Å². The number of hydrogen-bond acceptors (Lipinski definition) is 1. The van der Waals surface area contributed by atoms with Crippen LogP contribution in [-0.2, 0) is 6.42 Å². The highest BCUT2D eigenvalue weighted by Crippen LogP contribution is 2.15. The number of hydrogen-bond donors (Lipinski definition) is 1. The first-order valence-electron chi connectivity index (χ1n) is 6.14. The molecule has 0 radical (unpaired) electrons. The molecule has 2 aromatic rings. The largest absolute Gasteiger partial charge is 0.352 e. The van der Waals surface area contributed by atoms with Crippen molar-refractivity contribution >= 4 is 21.8 Å². The molecule has 0 aromatic heterocycles. The van der Waals surface area contributed by atoms with Gasteiger partial charge in [-0.1, -0.05) is 15.9 Å². The van der Waals surface area contributed by atoms with Crippen LogP contribution < -0.4 is 5.32 Å². The Bertz CT molecular complexity index is 656. The van der Waals surface area contributed by atoms with E-state index in [4.69, 9.17) is 0 Å². The molecule has 0 fully saturated rings. The first-order chi connectivity index (χ1) is 9.95. The van der Waals surface area contributed by atoms with Crippen LogP contribution in [0.25, 0.3) is 0 Å². The van der Waals surface area contributed by atoms with Crippen molar-refractivity contribution < 1.29 is 18.0 Å². The van der Waals surface area contributed by atoms with Crippen molar-refractivity contribution in [1.82, 2.24) is 5.32 Å². The van der Waals surface area contributed by atoms with E-state index in [1.807, 2.05) is 0 Å². The van der Waals surface area contributed by atoms with E-state index in [9.17, 15) is 18.0 Å². The fraction of sp³-hybridized carbons (Fsp3) is 0.133. The molecule has 2 rings (SSSR count). The van der Waals surface area contributed by atoms with Gasteiger partial charge in [0.25, 0.3) is 5.91 Å². The Balaban J connectivity index is 1.96. The summed E-state index contributed by atoms with van der Waals surface area (Å²) in [5.41, 5.74) is 0.331. The second-order valence-electron chi connectivity index (χ2n) is 4.41. The molecule has 0 spiro atoms. The van der Waals surface area contributed by atoms with Gasteiger partial charge in [-0.05, 0) is 42.3 Å². The maximum Gasteiger partial charge on any atom is 0.254 e. The van der Waals surface area contributed by atoms with Gasteiger partial charge in [0, 0.05) is 17.1 Å². The van der Waals surface area contributed by atoms with Crippen molar-refractivity contribution in [2.75, 3.05) is 6.54 Å². The Labute approximate surface area is 128 Å². The summed E-state index contributed by atoms with van der Waals surface area (Å²) < 4.78 is 40.1. The predicted molar refractivity (Wildman–Crippen MR) is 76.5 cm³/mol. The topological polar surface area (TPSA) is 29.1 Å². The molecule has 2 nitrogen and oxygen atoms in total. The van der Waals surface area contributed by atoms with Gasteiger partial charge >= 0.3 is 0 Å². The van der Waals surface area contributed by atoms with Crippen molar-refractivity contribution in [3.63, 3.8) is 0 Å². The number of carbonyl (C=O) groups is 1. The third-order valence-corrected chi connectivity index (χ3v) is 3.29. The number of amides is 1. The second-order valence-corrected chi connectivity index (χ2v) is 5.32. The standard InChI is InChI=1S/C15H11BrF3NO/c16-10-1-2-14(19)13(7-10)15(21)20-4-3-9-5-11(17)8-12(18)6-9/h1-2,5-8H,3-4H2,(H,20,21). The molecule has 110 valence electrons. The van der Waals surface area contributed by atoms with Crippen LogP contribution in [0, 0.1) is 17.5 Å². The molecule has 0 aliphatic carbocycles. The number of benzene rings is 2. The highest BCUT2D eigenvalue weighted by atomic mass is 79.9. The molecule has 2 aromatic carbocycles. The zero-order valence-electron chi connectivity index (χ0n) is 10.8. The summed E-state index contributed by atoms with van der Waals surface area (Å²) in [6, 6.07) is 7.19. The molecule has 1 N–H and O–H groups in total. The van der Waals surface area contributed by atoms with Gasteiger partial charge in [0.1, 0.15) is 17.5 Å². The summed E-state index contributed by atoms with van der Waals surface area (Å²) in [5, 5.41) is 2.51. The molecule has 0 atom stereocenters. The van der Waals surface area contributed by atoms with Gasteiger partial charge in [0.15, 0.2) is 0 Å². The quantitative estimate of drug-likeness (QED) is 0.884. The minimum absolute atomic E-state index is 0.0882. The summed E-state index contributed by atoms with van der Waals surface area (Å²) in [4.78, 5) is 11.8. The summed E-state index contributed by atoms with van der Waals surface area (Å²) in [5.74, 6) is -2.55. The van der Waals surface area contributed by atoms with Crippen LogP contribution in [0.4, 0.5) is 13.2 Å². The molecular weight excluding hydrogens is 347 g/mol. The fourth-order valence-electron chi connectivity index (χ4n) is 1.84. The molecule has 21 heavy (non-hydrogen) atoms. The second kappa shape index (κ2) is 6.76. The molecular formula is C15H11BrF3NO. The summed E-state index contributed by atoms with van der Waals surface area (Å²) in [6.07, 6.45) is 0.246. The average Bonchev–Trinajstić information content (AvgIpc) is 2.40. The normalized spacial score (nSPS) is 10.5. The van der Waals surface area contributed by atoms with Gasteiger partial charge in [-0.3, -0.25) is 4.79 Å². The smallest absolute Gasteiger partial charge is 0.254 e. The first-order valence-corrected chi connectivity index (χ1v) is 6.93. The van der Waals surface area contributed by atoms with E-state index in [-0.39, 0.29) is 18.5 Å². The van der Waals surface area contributed by atoms with Crippen molar-refractivity contribution in [2.45, 2.75) is 6.42 Å². The van der Waals surface area contributed by atoms with Gasteiger partial charge in [-0.15, -0.1) is 0 Å². The SMILES string of the molecule is O=C(NCCc1cc(F)cc(F)c1)c1cc(Br)ccc1F. The summed E-state index contributed by atoms with van der Waals surface area (Å²) in [6.45, 7) is 0.147. The van der Waals surface area contributed by atoms with Crippen LogP contribution in [0.5, 0.6) is 0 Å². The van der Waals surface area contributed by atoms with Crippen LogP contribution in [0.1, 0.15) is 15.9 Å². The Morgan fingerprint density at radius 1 is 1.05 bits per heavy atom. The lowest BCUT2D eigenvalue weighted by Crippen LogP contribution is -2.26. The maximum absolute atomic E-state index is 13.5. The van der Waals surface area contributed by atoms with E-state index < -0.39 is 23.4 Å². The van der Waals surface area contributed by atoms with E-state index in [1.54, 1.807) is 0 Å². The predicted octanol–water partition coefficient (Wildman–Crippen LogP) is 3.84. The molecule has 0 aliphatic heterocycles. The lowest BCUT2D eigenvalue weighted by Gasteiger charge is -2.07. The molecule has 1 amide bonds. The van der Waals surface area contributed by atoms with Crippen LogP contribution in [0.2, 0.25) is 0 Å². The minimum Gasteiger partial charge on any atom is -0.352 e. The van der Waals surface area contributed by atoms with Gasteiger partial charge in [0.05, 0.1) is 5.56 Å². The third-order valence-electron chi connectivity index (χ3n) is 2.79. The Morgan fingerprint density at radius 3 is 2.38 bits per heavy atom. The van der Waals surface area contributed by atoms with Gasteiger partial charge in [0.2, 0.25) is 0 Å². The minimum atomic E-state index is -0.672. The number of nitrogens with one attached hydrogen (secondary N) is 1. The average molecular weight is 358 g/mol. The highest BCUT2D eigenvalue weighted by molar-refractivity contribution is 9.10. The van der Waals surface area contributed by atoms with E-state index in [1.165, 1.54) is 30.3 Å². The van der Waals surface area contributed by atoms with Crippen LogP contribution in [-0.4, -0.2) is 12.5 Å². The molecule has 0 unspecified atom stereocenters. The molecule has 0 heterocycles. The molecule has 0 aliphatic rings. The van der Waals surface area contributed by atoms with E-state index in [0.717, 1.165) is 6.07 Å². The van der Waals surface area contributed by atoms with Crippen LogP contribution in [0.3, 0.4) is 0 Å². The molecule has 0 saturated carbocycles. The van der Waals surface area contributed by atoms with E-state index in [0.29, 0.717) is 10.0 Å². The summed E-state index contributed by atoms with van der Waals surface area (Å²) >= 11 is 3.16. The molecule has 0 saturated heterocycles. The zero-order chi connectivity index (χ0) is 15.4. The Hall–Kier alpha value is -1.82. The van der Waals surface area contributed by atoms with E-state index >= 15 is 0 Å². The number of carbonyl (C=O) groups excluding carboxylic acids is 1. The molecule has 0 bridgehead atoms. The third kappa shape index (κ3) is 4.32. The van der Waals surface area contributed by atoms with Crippen molar-refractivity contribution in [2.24, 2.45) is 0 Å².